The number of nitrogens with two attached hydrogens (primary N) is 1. The summed E-state index contributed by atoms with van der Waals surface area (Å²) >= 11 is 12.5. The Labute approximate surface area is 155 Å². The molecule has 4 rings (SSSR count). The fourth-order valence-electron chi connectivity index (χ4n) is 3.14. The number of aromatic nitrogens is 4. The summed E-state index contributed by atoms with van der Waals surface area (Å²) in [6, 6.07) is 5.48. The highest BCUT2D eigenvalue weighted by molar-refractivity contribution is 6.43. The molecule has 6 nitrogen and oxygen atoms in total. The number of benzene rings is 1. The van der Waals surface area contributed by atoms with Gasteiger partial charge in [-0.2, -0.15) is 9.61 Å². The monoisotopic (exact) mass is 376 g/mol. The van der Waals surface area contributed by atoms with E-state index >= 15 is 0 Å². The molecule has 1 saturated heterocycles. The van der Waals surface area contributed by atoms with Crippen LogP contribution in [0.5, 0.6) is 0 Å². The molecule has 130 valence electrons. The van der Waals surface area contributed by atoms with Gasteiger partial charge in [0, 0.05) is 24.2 Å². The average molecular weight is 377 g/mol. The molecule has 25 heavy (non-hydrogen) atoms. The van der Waals surface area contributed by atoms with Gasteiger partial charge in [0.05, 0.1) is 16.2 Å². The summed E-state index contributed by atoms with van der Waals surface area (Å²) in [4.78, 5) is 11.3. The minimum absolute atomic E-state index is 0.111. The molecule has 3 aromatic rings. The fraction of sp³-hybridized carbons (Fsp3) is 0.353. The second kappa shape index (κ2) is 6.12. The summed E-state index contributed by atoms with van der Waals surface area (Å²) in [7, 11) is 0. The highest BCUT2D eigenvalue weighted by Crippen LogP contribution is 2.35. The summed E-state index contributed by atoms with van der Waals surface area (Å²) < 4.78 is 1.80. The van der Waals surface area contributed by atoms with Gasteiger partial charge in [0.25, 0.3) is 0 Å². The van der Waals surface area contributed by atoms with Crippen molar-refractivity contribution in [2.75, 3.05) is 18.0 Å². The van der Waals surface area contributed by atoms with Crippen LogP contribution in [0.25, 0.3) is 16.9 Å². The van der Waals surface area contributed by atoms with Crippen molar-refractivity contribution < 1.29 is 0 Å². The SMILES string of the molecule is CC1(N)CCN(c2cnc(-c3cccc(Cl)c3Cl)c3ncnn23)CC1. The molecule has 0 aliphatic carbocycles. The second-order valence-corrected chi connectivity index (χ2v) is 7.49. The van der Waals surface area contributed by atoms with Gasteiger partial charge in [-0.15, -0.1) is 0 Å². The maximum absolute atomic E-state index is 6.36. The third-order valence-corrected chi connectivity index (χ3v) is 5.54. The lowest BCUT2D eigenvalue weighted by Crippen LogP contribution is -2.48. The van der Waals surface area contributed by atoms with Gasteiger partial charge >= 0.3 is 0 Å². The maximum Gasteiger partial charge on any atom is 0.183 e. The molecule has 1 aliphatic rings. The maximum atomic E-state index is 6.36. The van der Waals surface area contributed by atoms with E-state index in [1.807, 2.05) is 18.3 Å². The Hall–Kier alpha value is -1.89. The molecule has 1 fully saturated rings. The molecular weight excluding hydrogens is 359 g/mol. The number of halogens is 2. The van der Waals surface area contributed by atoms with Crippen LogP contribution in [0.2, 0.25) is 10.0 Å². The highest BCUT2D eigenvalue weighted by Gasteiger charge is 2.28. The number of nitrogens with zero attached hydrogens (tertiary/aromatic N) is 5. The zero-order valence-corrected chi connectivity index (χ0v) is 15.3. The van der Waals surface area contributed by atoms with E-state index in [1.54, 1.807) is 10.6 Å². The van der Waals surface area contributed by atoms with E-state index in [2.05, 4.69) is 26.9 Å². The molecular formula is C17H18Cl2N6. The predicted molar refractivity (Wildman–Crippen MR) is 100 cm³/mol. The Bertz CT molecular complexity index is 926. The smallest absolute Gasteiger partial charge is 0.183 e. The standard InChI is InChI=1S/C17H18Cl2N6/c1-17(20)5-7-24(8-6-17)13-9-21-15(16-22-10-23-25(13)16)11-3-2-4-12(18)14(11)19/h2-4,9-10H,5-8,20H2,1H3. The summed E-state index contributed by atoms with van der Waals surface area (Å²) in [6.45, 7) is 3.82. The first-order valence-electron chi connectivity index (χ1n) is 8.13. The Morgan fingerprint density at radius 2 is 1.92 bits per heavy atom. The van der Waals surface area contributed by atoms with Crippen molar-refractivity contribution in [1.82, 2.24) is 19.6 Å². The lowest BCUT2D eigenvalue weighted by molar-refractivity contribution is 0.362. The van der Waals surface area contributed by atoms with E-state index in [0.29, 0.717) is 21.4 Å². The number of rotatable bonds is 2. The molecule has 0 spiro atoms. The largest absolute Gasteiger partial charge is 0.355 e. The van der Waals surface area contributed by atoms with Crippen molar-refractivity contribution in [3.8, 4) is 11.3 Å². The van der Waals surface area contributed by atoms with Crippen LogP contribution in [0.3, 0.4) is 0 Å². The number of anilines is 1. The van der Waals surface area contributed by atoms with Crippen molar-refractivity contribution in [3.63, 3.8) is 0 Å². The Morgan fingerprint density at radius 1 is 1.16 bits per heavy atom. The molecule has 1 aromatic carbocycles. The van der Waals surface area contributed by atoms with E-state index < -0.39 is 0 Å². The van der Waals surface area contributed by atoms with E-state index in [1.165, 1.54) is 6.33 Å². The van der Waals surface area contributed by atoms with Gasteiger partial charge in [-0.25, -0.2) is 9.97 Å². The van der Waals surface area contributed by atoms with Crippen LogP contribution in [0.4, 0.5) is 5.82 Å². The summed E-state index contributed by atoms with van der Waals surface area (Å²) in [5.74, 6) is 0.907. The van der Waals surface area contributed by atoms with Crippen molar-refractivity contribution in [3.05, 3.63) is 40.8 Å². The van der Waals surface area contributed by atoms with Crippen LogP contribution < -0.4 is 10.6 Å². The van der Waals surface area contributed by atoms with Gasteiger partial charge in [-0.05, 0) is 25.8 Å². The molecule has 1 aliphatic heterocycles. The minimum Gasteiger partial charge on any atom is -0.355 e. The van der Waals surface area contributed by atoms with E-state index in [-0.39, 0.29) is 5.54 Å². The topological polar surface area (TPSA) is 72.3 Å². The molecule has 8 heteroatoms. The zero-order chi connectivity index (χ0) is 17.6. The highest BCUT2D eigenvalue weighted by atomic mass is 35.5. The fourth-order valence-corrected chi connectivity index (χ4v) is 3.53. The predicted octanol–water partition coefficient (Wildman–Crippen LogP) is 3.42. The van der Waals surface area contributed by atoms with Crippen LogP contribution in [0, 0.1) is 0 Å². The summed E-state index contributed by atoms with van der Waals surface area (Å²) in [5.41, 5.74) is 8.19. The van der Waals surface area contributed by atoms with Gasteiger partial charge in [0.2, 0.25) is 0 Å². The average Bonchev–Trinajstić information content (AvgIpc) is 3.07. The first kappa shape index (κ1) is 16.6. The Balaban J connectivity index is 1.79. The van der Waals surface area contributed by atoms with E-state index in [9.17, 15) is 0 Å². The van der Waals surface area contributed by atoms with Crippen molar-refractivity contribution in [1.29, 1.82) is 0 Å². The molecule has 2 aromatic heterocycles. The van der Waals surface area contributed by atoms with Crippen LogP contribution in [-0.2, 0) is 0 Å². The minimum atomic E-state index is -0.111. The van der Waals surface area contributed by atoms with E-state index in [4.69, 9.17) is 28.9 Å². The van der Waals surface area contributed by atoms with E-state index in [0.717, 1.165) is 37.3 Å². The number of hydrogen-bond acceptors (Lipinski definition) is 5. The molecule has 0 saturated carbocycles. The van der Waals surface area contributed by atoms with Crippen LogP contribution in [-0.4, -0.2) is 38.2 Å². The van der Waals surface area contributed by atoms with Gasteiger partial charge in [0.15, 0.2) is 11.5 Å². The normalized spacial score (nSPS) is 17.2. The van der Waals surface area contributed by atoms with Gasteiger partial charge in [-0.1, -0.05) is 35.3 Å². The Kier molecular flexibility index (Phi) is 4.06. The summed E-state index contributed by atoms with van der Waals surface area (Å²) in [5, 5.41) is 5.34. The van der Waals surface area contributed by atoms with Crippen molar-refractivity contribution >= 4 is 34.7 Å². The van der Waals surface area contributed by atoms with Gasteiger partial charge in [-0.3, -0.25) is 0 Å². The van der Waals surface area contributed by atoms with Crippen molar-refractivity contribution in [2.45, 2.75) is 25.3 Å². The second-order valence-electron chi connectivity index (χ2n) is 6.70. The molecule has 0 amide bonds. The lowest BCUT2D eigenvalue weighted by atomic mass is 9.91. The number of hydrogen-bond donors (Lipinski definition) is 1. The molecule has 0 atom stereocenters. The molecule has 2 N–H and O–H groups in total. The lowest BCUT2D eigenvalue weighted by Gasteiger charge is -2.37. The number of piperidine rings is 1. The first-order valence-corrected chi connectivity index (χ1v) is 8.89. The zero-order valence-electron chi connectivity index (χ0n) is 13.8. The van der Waals surface area contributed by atoms with Crippen LogP contribution in [0.1, 0.15) is 19.8 Å². The quantitative estimate of drug-likeness (QED) is 0.741. The molecule has 0 unspecified atom stereocenters. The molecule has 0 radical (unpaired) electrons. The third-order valence-electron chi connectivity index (χ3n) is 4.72. The number of fused-ring (bicyclic) bond motifs is 1. The third kappa shape index (κ3) is 2.94. The van der Waals surface area contributed by atoms with Crippen molar-refractivity contribution in [2.24, 2.45) is 5.73 Å². The summed E-state index contributed by atoms with van der Waals surface area (Å²) in [6.07, 6.45) is 5.18. The molecule has 0 bridgehead atoms. The first-order chi connectivity index (χ1) is 12.0. The van der Waals surface area contributed by atoms with Crippen LogP contribution >= 0.6 is 23.2 Å². The Morgan fingerprint density at radius 3 is 2.68 bits per heavy atom. The van der Waals surface area contributed by atoms with Crippen LogP contribution in [0.15, 0.2) is 30.7 Å². The molecule has 3 heterocycles. The van der Waals surface area contributed by atoms with Gasteiger partial charge < -0.3 is 10.6 Å². The van der Waals surface area contributed by atoms with Gasteiger partial charge in [0.1, 0.15) is 12.0 Å².